The van der Waals surface area contributed by atoms with Crippen molar-refractivity contribution in [3.8, 4) is 11.4 Å². The number of nitrogens with zero attached hydrogens (tertiary/aromatic N) is 3. The van der Waals surface area contributed by atoms with E-state index in [0.29, 0.717) is 24.6 Å². The molecule has 1 aliphatic heterocycles. The molecule has 3 aromatic rings. The number of fused-ring (bicyclic) bond motifs is 1. The van der Waals surface area contributed by atoms with Crippen molar-refractivity contribution < 1.29 is 9.84 Å². The van der Waals surface area contributed by atoms with E-state index in [4.69, 9.17) is 9.72 Å². The molecule has 3 atom stereocenters. The third-order valence-corrected chi connectivity index (χ3v) is 6.76. The Balaban J connectivity index is 1.66. The molecule has 1 aromatic carbocycles. The zero-order chi connectivity index (χ0) is 25.1. The summed E-state index contributed by atoms with van der Waals surface area (Å²) in [7, 11) is 2.12. The molecule has 2 aromatic heterocycles. The number of imidazole rings is 1. The molecule has 1 fully saturated rings. The standard InChI is InChI=1S/C27H39N5O3/c1-17(2)10-23(19(4)33)28-13-20-6-7-25-24(12-20)30-26(21-11-18(3)27(34)29-14-21)32(25)16-22-15-31(5)8-9-35-22/h6-7,11-12,14,17,19,22-23,28,33H,8-10,13,15-16H2,1-5H3,(H,29,34)/t19?,22?,23-/m0/s1. The summed E-state index contributed by atoms with van der Waals surface area (Å²) in [6, 6.07) is 8.30. The van der Waals surface area contributed by atoms with Gasteiger partial charge in [0.05, 0.1) is 36.4 Å². The minimum atomic E-state index is -0.413. The molecular weight excluding hydrogens is 442 g/mol. The zero-order valence-corrected chi connectivity index (χ0v) is 21.5. The average molecular weight is 482 g/mol. The molecule has 3 N–H and O–H groups in total. The van der Waals surface area contributed by atoms with Gasteiger partial charge in [0.2, 0.25) is 0 Å². The van der Waals surface area contributed by atoms with Gasteiger partial charge in [-0.1, -0.05) is 19.9 Å². The van der Waals surface area contributed by atoms with E-state index in [2.05, 4.69) is 58.9 Å². The number of aromatic amines is 1. The van der Waals surface area contributed by atoms with Crippen molar-refractivity contribution in [2.24, 2.45) is 5.92 Å². The number of H-pyrrole nitrogens is 1. The molecule has 0 bridgehead atoms. The quantitative estimate of drug-likeness (QED) is 0.435. The molecule has 1 saturated heterocycles. The van der Waals surface area contributed by atoms with Crippen molar-refractivity contribution in [1.29, 1.82) is 0 Å². The normalized spacial score (nSPS) is 18.9. The van der Waals surface area contributed by atoms with Crippen LogP contribution in [0, 0.1) is 12.8 Å². The maximum absolute atomic E-state index is 12.0. The van der Waals surface area contributed by atoms with Crippen molar-refractivity contribution in [2.75, 3.05) is 26.7 Å². The summed E-state index contributed by atoms with van der Waals surface area (Å²) in [5.41, 5.74) is 4.52. The highest BCUT2D eigenvalue weighted by molar-refractivity contribution is 5.81. The number of rotatable bonds is 9. The minimum absolute atomic E-state index is 0.0448. The maximum Gasteiger partial charge on any atom is 0.250 e. The van der Waals surface area contributed by atoms with Crippen LogP contribution in [0.2, 0.25) is 0 Å². The second kappa shape index (κ2) is 11.0. The van der Waals surface area contributed by atoms with Gasteiger partial charge in [-0.15, -0.1) is 0 Å². The lowest BCUT2D eigenvalue weighted by molar-refractivity contribution is -0.0267. The fourth-order valence-corrected chi connectivity index (χ4v) is 4.81. The number of nitrogens with one attached hydrogen (secondary N) is 2. The number of hydrogen-bond acceptors (Lipinski definition) is 6. The molecular formula is C27H39N5O3. The first kappa shape index (κ1) is 25.6. The van der Waals surface area contributed by atoms with E-state index in [9.17, 15) is 9.90 Å². The molecule has 3 heterocycles. The number of benzene rings is 1. The van der Waals surface area contributed by atoms with Gasteiger partial charge in [0.15, 0.2) is 0 Å². The predicted molar refractivity (Wildman–Crippen MR) is 140 cm³/mol. The number of aromatic nitrogens is 3. The third kappa shape index (κ3) is 6.19. The van der Waals surface area contributed by atoms with E-state index >= 15 is 0 Å². The van der Waals surface area contributed by atoms with Crippen LogP contribution in [-0.4, -0.2) is 69.5 Å². The molecule has 8 heteroatoms. The molecule has 0 radical (unpaired) electrons. The van der Waals surface area contributed by atoms with E-state index in [1.54, 1.807) is 6.20 Å². The lowest BCUT2D eigenvalue weighted by Crippen LogP contribution is -2.42. The molecule has 35 heavy (non-hydrogen) atoms. The maximum atomic E-state index is 12.0. The molecule has 8 nitrogen and oxygen atoms in total. The molecule has 1 aliphatic rings. The number of likely N-dealkylation sites (N-methyl/N-ethyl adjacent to an activating group) is 1. The van der Waals surface area contributed by atoms with Crippen LogP contribution in [0.25, 0.3) is 22.4 Å². The number of aliphatic hydroxyl groups is 1. The second-order valence-corrected chi connectivity index (χ2v) is 10.4. The van der Waals surface area contributed by atoms with Gasteiger partial charge in [0.1, 0.15) is 5.82 Å². The summed E-state index contributed by atoms with van der Waals surface area (Å²) in [6.07, 6.45) is 2.31. The Morgan fingerprint density at radius 2 is 2.09 bits per heavy atom. The highest BCUT2D eigenvalue weighted by Gasteiger charge is 2.22. The summed E-state index contributed by atoms with van der Waals surface area (Å²) in [5.74, 6) is 1.33. The third-order valence-electron chi connectivity index (χ3n) is 6.76. The molecule has 0 amide bonds. The molecule has 0 saturated carbocycles. The Kier molecular flexibility index (Phi) is 8.06. The highest BCUT2D eigenvalue weighted by atomic mass is 16.5. The number of hydrogen-bond donors (Lipinski definition) is 3. The van der Waals surface area contributed by atoms with E-state index in [-0.39, 0.29) is 17.7 Å². The summed E-state index contributed by atoms with van der Waals surface area (Å²) in [4.78, 5) is 22.1. The SMILES string of the molecule is Cc1cc(-c2nc3cc(CN[C@@H](CC(C)C)C(C)O)ccc3n2CC2CN(C)CCO2)c[nH]c1=O. The lowest BCUT2D eigenvalue weighted by Gasteiger charge is -2.30. The van der Waals surface area contributed by atoms with Crippen LogP contribution in [0.3, 0.4) is 0 Å². The van der Waals surface area contributed by atoms with Crippen molar-refractivity contribution in [2.45, 2.75) is 65.5 Å². The minimum Gasteiger partial charge on any atom is -0.392 e. The smallest absolute Gasteiger partial charge is 0.250 e. The van der Waals surface area contributed by atoms with Gasteiger partial charge in [-0.25, -0.2) is 4.98 Å². The van der Waals surface area contributed by atoms with Crippen LogP contribution in [0.1, 0.15) is 38.3 Å². The van der Waals surface area contributed by atoms with Crippen LogP contribution in [0.4, 0.5) is 0 Å². The second-order valence-electron chi connectivity index (χ2n) is 10.4. The van der Waals surface area contributed by atoms with Crippen LogP contribution in [0.5, 0.6) is 0 Å². The Morgan fingerprint density at radius 3 is 2.77 bits per heavy atom. The molecule has 190 valence electrons. The van der Waals surface area contributed by atoms with Gasteiger partial charge in [-0.05, 0) is 57.0 Å². The molecule has 0 spiro atoms. The summed E-state index contributed by atoms with van der Waals surface area (Å²) >= 11 is 0. The zero-order valence-electron chi connectivity index (χ0n) is 21.5. The fourth-order valence-electron chi connectivity index (χ4n) is 4.81. The van der Waals surface area contributed by atoms with Gasteiger partial charge in [0.25, 0.3) is 5.56 Å². The van der Waals surface area contributed by atoms with Crippen molar-refractivity contribution in [1.82, 2.24) is 24.8 Å². The van der Waals surface area contributed by atoms with E-state index in [1.165, 1.54) is 0 Å². The summed E-state index contributed by atoms with van der Waals surface area (Å²) in [5, 5.41) is 13.7. The van der Waals surface area contributed by atoms with Crippen LogP contribution < -0.4 is 10.9 Å². The predicted octanol–water partition coefficient (Wildman–Crippen LogP) is 2.92. The van der Waals surface area contributed by atoms with Crippen LogP contribution in [-0.2, 0) is 17.8 Å². The number of morpholine rings is 1. The summed E-state index contributed by atoms with van der Waals surface area (Å²) < 4.78 is 8.27. The first-order chi connectivity index (χ1) is 16.7. The number of aryl methyl sites for hydroxylation is 1. The first-order valence-corrected chi connectivity index (χ1v) is 12.6. The Labute approximate surface area is 207 Å². The molecule has 2 unspecified atom stereocenters. The topological polar surface area (TPSA) is 95.4 Å². The molecule has 4 rings (SSSR count). The van der Waals surface area contributed by atoms with Gasteiger partial charge < -0.3 is 29.6 Å². The highest BCUT2D eigenvalue weighted by Crippen LogP contribution is 2.27. The van der Waals surface area contributed by atoms with Crippen LogP contribution >= 0.6 is 0 Å². The Hall–Kier alpha value is -2.52. The first-order valence-electron chi connectivity index (χ1n) is 12.6. The molecule has 0 aliphatic carbocycles. The lowest BCUT2D eigenvalue weighted by atomic mass is 9.99. The van der Waals surface area contributed by atoms with Crippen molar-refractivity contribution >= 4 is 11.0 Å². The Bertz CT molecular complexity index is 1200. The van der Waals surface area contributed by atoms with Gasteiger partial charge in [-0.2, -0.15) is 0 Å². The van der Waals surface area contributed by atoms with Crippen molar-refractivity contribution in [3.05, 3.63) is 51.9 Å². The Morgan fingerprint density at radius 1 is 1.29 bits per heavy atom. The summed E-state index contributed by atoms with van der Waals surface area (Å²) in [6.45, 7) is 11.9. The fraction of sp³-hybridized carbons (Fsp3) is 0.556. The monoisotopic (exact) mass is 481 g/mol. The van der Waals surface area contributed by atoms with Gasteiger partial charge >= 0.3 is 0 Å². The number of pyridine rings is 1. The van der Waals surface area contributed by atoms with Crippen LogP contribution in [0.15, 0.2) is 35.3 Å². The van der Waals surface area contributed by atoms with E-state index in [1.807, 2.05) is 19.9 Å². The van der Waals surface area contributed by atoms with Crippen molar-refractivity contribution in [3.63, 3.8) is 0 Å². The average Bonchev–Trinajstić information content (AvgIpc) is 3.15. The number of aliphatic hydroxyl groups excluding tert-OH is 1. The largest absolute Gasteiger partial charge is 0.392 e. The van der Waals surface area contributed by atoms with E-state index in [0.717, 1.165) is 54.1 Å². The van der Waals surface area contributed by atoms with Gasteiger partial charge in [-0.3, -0.25) is 4.79 Å². The van der Waals surface area contributed by atoms with E-state index < -0.39 is 6.10 Å². The number of ether oxygens (including phenoxy) is 1. The van der Waals surface area contributed by atoms with Gasteiger partial charge in [0, 0.05) is 43.0 Å².